The Bertz CT molecular complexity index is 1220. The molecule has 0 aromatic heterocycles. The van der Waals surface area contributed by atoms with Crippen molar-refractivity contribution >= 4 is 61.3 Å². The molecule has 0 nitrogen and oxygen atoms in total. The van der Waals surface area contributed by atoms with Crippen LogP contribution in [-0.2, 0) is 0 Å². The molecular formula is C22H20F24I2Si2. The Morgan fingerprint density at radius 2 is 0.420 bits per heavy atom. The number of hydrogen-bond acceptors (Lipinski definition) is 0. The molecule has 50 heavy (non-hydrogen) atoms. The lowest BCUT2D eigenvalue weighted by Crippen LogP contribution is -2.78. The maximum Gasteiger partial charge on any atom is 0.385 e. The first-order valence-electron chi connectivity index (χ1n) is 12.3. The maximum atomic E-state index is 14.2. The van der Waals surface area contributed by atoms with Gasteiger partial charge in [-0.1, -0.05) is 84.5 Å². The number of alkyl halides is 24. The smallest absolute Gasteiger partial charge is 0.195 e. The summed E-state index contributed by atoms with van der Waals surface area (Å²) in [5.41, 5.74) is 0. The van der Waals surface area contributed by atoms with Crippen LogP contribution in [0.2, 0.25) is 39.3 Å². The molecule has 0 aromatic carbocycles. The molecule has 0 bridgehead atoms. The van der Waals surface area contributed by atoms with Gasteiger partial charge in [-0.25, -0.2) is 0 Å². The predicted octanol–water partition coefficient (Wildman–Crippen LogP) is 13.0. The predicted molar refractivity (Wildman–Crippen MR) is 150 cm³/mol. The van der Waals surface area contributed by atoms with Gasteiger partial charge >= 0.3 is 71.1 Å². The van der Waals surface area contributed by atoms with Gasteiger partial charge in [0.2, 0.25) is 0 Å². The van der Waals surface area contributed by atoms with Gasteiger partial charge < -0.3 is 0 Å². The SMILES string of the molecule is C[Si](C)(C)/C(I)=C\C(F)(F)C(F)(F)C(F)(F)C(F)(F)C(F)(F)C(F)(F)C(F)(F)C(F)(F)C(F)(F)C(F)(F)C(F)(F)C(F)(F)/C=C(/I)[Si](C)(C)C. The van der Waals surface area contributed by atoms with Crippen LogP contribution in [0.25, 0.3) is 0 Å². The summed E-state index contributed by atoms with van der Waals surface area (Å²) in [6.45, 7) is 5.94. The molecule has 28 heteroatoms. The van der Waals surface area contributed by atoms with Crippen molar-refractivity contribution in [1.82, 2.24) is 0 Å². The van der Waals surface area contributed by atoms with Crippen molar-refractivity contribution in [3.8, 4) is 0 Å². The van der Waals surface area contributed by atoms with Crippen LogP contribution in [0.4, 0.5) is 105 Å². The molecule has 0 saturated heterocycles. The second kappa shape index (κ2) is 13.2. The third-order valence-corrected chi connectivity index (χ3v) is 19.9. The highest BCUT2D eigenvalue weighted by Gasteiger charge is 2.99. The molecule has 0 N–H and O–H groups in total. The molecule has 0 aliphatic rings. The van der Waals surface area contributed by atoms with Gasteiger partial charge in [0, 0.05) is 0 Å². The minimum absolute atomic E-state index is 0.736. The van der Waals surface area contributed by atoms with E-state index in [9.17, 15) is 105 Å². The zero-order valence-electron chi connectivity index (χ0n) is 25.0. The lowest BCUT2D eigenvalue weighted by molar-refractivity contribution is -0.476. The summed E-state index contributed by atoms with van der Waals surface area (Å²) < 4.78 is 337. The van der Waals surface area contributed by atoms with Gasteiger partial charge in [-0.15, -0.1) is 0 Å². The third kappa shape index (κ3) is 7.14. The summed E-state index contributed by atoms with van der Waals surface area (Å²) in [7, 11) is -6.65. The van der Waals surface area contributed by atoms with Gasteiger partial charge in [-0.05, 0) is 18.6 Å². The lowest BCUT2D eigenvalue weighted by Gasteiger charge is -2.45. The molecule has 0 amide bonds. The molecule has 298 valence electrons. The normalized spacial score (nSPS) is 17.4. The highest BCUT2D eigenvalue weighted by molar-refractivity contribution is 14.1. The summed E-state index contributed by atoms with van der Waals surface area (Å²) >= 11 is 1.47. The summed E-state index contributed by atoms with van der Waals surface area (Å²) in [4.78, 5) is 0. The minimum atomic E-state index is -9.49. The number of hydrogen-bond donors (Lipinski definition) is 0. The Hall–Kier alpha value is -0.306. The van der Waals surface area contributed by atoms with E-state index in [0.29, 0.717) is 0 Å². The monoisotopic (exact) mass is 1050 g/mol. The quantitative estimate of drug-likeness (QED) is 0.0871. The molecule has 0 aliphatic heterocycles. The average Bonchev–Trinajstić information content (AvgIpc) is 2.85. The molecule has 0 unspecified atom stereocenters. The lowest BCUT2D eigenvalue weighted by atomic mass is 9.84. The summed E-state index contributed by atoms with van der Waals surface area (Å²) in [6, 6.07) is 0. The van der Waals surface area contributed by atoms with Crippen LogP contribution < -0.4 is 0 Å². The molecule has 0 aliphatic carbocycles. The van der Waals surface area contributed by atoms with Crippen LogP contribution in [0.5, 0.6) is 0 Å². The van der Waals surface area contributed by atoms with Crippen molar-refractivity contribution in [3.05, 3.63) is 18.6 Å². The molecule has 0 fully saturated rings. The largest absolute Gasteiger partial charge is 0.385 e. The molecule has 0 heterocycles. The van der Waals surface area contributed by atoms with Gasteiger partial charge in [-0.2, -0.15) is 105 Å². The van der Waals surface area contributed by atoms with E-state index < -0.39 is 106 Å². The van der Waals surface area contributed by atoms with Gasteiger partial charge in [0.05, 0.1) is 16.1 Å². The van der Waals surface area contributed by atoms with E-state index in [4.69, 9.17) is 0 Å². The van der Waals surface area contributed by atoms with Crippen molar-refractivity contribution in [3.63, 3.8) is 0 Å². The standard InChI is InChI=1S/C22H20F24I2Si2/c1-49(2,3)9(47)7-11(23,24)13(27,28)15(31,32)17(35,36)19(39,40)21(43,44)22(45,46)20(41,42)18(37,38)16(33,34)14(29,30)12(25,26)8-10(48)50(4,5)6/h7-8H,1-6H3/b9-7-,10-8-. The van der Waals surface area contributed by atoms with Crippen molar-refractivity contribution in [2.75, 3.05) is 0 Å². The number of halogens is 26. The van der Waals surface area contributed by atoms with Crippen molar-refractivity contribution in [2.45, 2.75) is 110 Å². The second-order valence-electron chi connectivity index (χ2n) is 12.5. The van der Waals surface area contributed by atoms with E-state index in [2.05, 4.69) is 0 Å². The first kappa shape index (κ1) is 49.7. The molecule has 0 radical (unpaired) electrons. The van der Waals surface area contributed by atoms with Gasteiger partial charge in [0.15, 0.2) is 0 Å². The molecular weight excluding hydrogens is 1030 g/mol. The van der Waals surface area contributed by atoms with E-state index in [1.807, 2.05) is 0 Å². The molecule has 0 saturated carbocycles. The molecule has 0 atom stereocenters. The van der Waals surface area contributed by atoms with E-state index in [1.165, 1.54) is 0 Å². The molecule has 0 spiro atoms. The van der Waals surface area contributed by atoms with Gasteiger partial charge in [0.1, 0.15) is 0 Å². The fraction of sp³-hybridized carbons (Fsp3) is 0.818. The molecule has 0 rings (SSSR count). The number of rotatable bonds is 15. The Kier molecular flexibility index (Phi) is 13.1. The Labute approximate surface area is 294 Å². The number of allylic oxidation sites excluding steroid dienone is 2. The second-order valence-corrected chi connectivity index (χ2v) is 26.9. The van der Waals surface area contributed by atoms with Crippen LogP contribution >= 0.6 is 45.2 Å². The van der Waals surface area contributed by atoms with Gasteiger partial charge in [0.25, 0.3) is 0 Å². The van der Waals surface area contributed by atoms with E-state index in [0.717, 1.165) is 84.5 Å². The fourth-order valence-corrected chi connectivity index (χ4v) is 4.94. The van der Waals surface area contributed by atoms with Crippen LogP contribution in [0, 0.1) is 0 Å². The van der Waals surface area contributed by atoms with Crippen LogP contribution in [-0.4, -0.2) is 87.2 Å². The maximum absolute atomic E-state index is 14.2. The summed E-state index contributed by atoms with van der Waals surface area (Å²) in [6.07, 6.45) is -2.53. The molecule has 0 aromatic rings. The Balaban J connectivity index is 7.56. The van der Waals surface area contributed by atoms with Crippen molar-refractivity contribution in [1.29, 1.82) is 0 Å². The average molecular weight is 1050 g/mol. The zero-order chi connectivity index (χ0) is 41.6. The van der Waals surface area contributed by atoms with E-state index >= 15 is 0 Å². The van der Waals surface area contributed by atoms with Gasteiger partial charge in [-0.3, -0.25) is 0 Å². The highest BCUT2D eigenvalue weighted by Crippen LogP contribution is 2.68. The van der Waals surface area contributed by atoms with Crippen LogP contribution in [0.1, 0.15) is 0 Å². The zero-order valence-corrected chi connectivity index (χ0v) is 31.3. The van der Waals surface area contributed by atoms with Crippen molar-refractivity contribution in [2.24, 2.45) is 0 Å². The van der Waals surface area contributed by atoms with E-state index in [-0.39, 0.29) is 0 Å². The van der Waals surface area contributed by atoms with Crippen LogP contribution in [0.15, 0.2) is 18.6 Å². The highest BCUT2D eigenvalue weighted by atomic mass is 127. The summed E-state index contributed by atoms with van der Waals surface area (Å²) in [5.74, 6) is -103. The topological polar surface area (TPSA) is 0 Å². The third-order valence-electron chi connectivity index (χ3n) is 6.44. The fourth-order valence-electron chi connectivity index (χ4n) is 2.93. The Morgan fingerprint density at radius 3 is 0.540 bits per heavy atom. The minimum Gasteiger partial charge on any atom is -0.195 e. The Morgan fingerprint density at radius 1 is 0.300 bits per heavy atom. The summed E-state index contributed by atoms with van der Waals surface area (Å²) in [5, 5.41) is 0. The van der Waals surface area contributed by atoms with E-state index in [1.54, 1.807) is 0 Å². The van der Waals surface area contributed by atoms with Crippen molar-refractivity contribution < 1.29 is 105 Å². The van der Waals surface area contributed by atoms with Crippen LogP contribution in [0.3, 0.4) is 0 Å². The first-order valence-corrected chi connectivity index (χ1v) is 21.5. The first-order chi connectivity index (χ1) is 21.0.